The van der Waals surface area contributed by atoms with Gasteiger partial charge in [0.15, 0.2) is 0 Å². The maximum Gasteiger partial charge on any atom is 0.0623 e. The number of benzene rings is 1. The molecule has 0 heterocycles. The van der Waals surface area contributed by atoms with Crippen molar-refractivity contribution in [2.24, 2.45) is 0 Å². The van der Waals surface area contributed by atoms with E-state index < -0.39 is 0 Å². The summed E-state index contributed by atoms with van der Waals surface area (Å²) >= 11 is 0. The number of hydrogen-bond donors (Lipinski definition) is 1. The van der Waals surface area contributed by atoms with Crippen LogP contribution in [0.15, 0.2) is 24.3 Å². The van der Waals surface area contributed by atoms with Crippen molar-refractivity contribution in [3.05, 3.63) is 35.4 Å². The number of rotatable bonds is 8. The molecule has 0 amide bonds. The summed E-state index contributed by atoms with van der Waals surface area (Å²) in [5, 5.41) is 3.49. The Balaban J connectivity index is 2.75. The number of nitrogens with one attached hydrogen (secondary N) is 1. The summed E-state index contributed by atoms with van der Waals surface area (Å²) in [6, 6.07) is 8.72. The zero-order valence-corrected chi connectivity index (χ0v) is 13.1. The molecule has 0 aromatic heterocycles. The van der Waals surface area contributed by atoms with Crippen LogP contribution in [0.5, 0.6) is 0 Å². The Morgan fingerprint density at radius 1 is 1.26 bits per heavy atom. The van der Waals surface area contributed by atoms with Crippen LogP contribution < -0.4 is 5.32 Å². The van der Waals surface area contributed by atoms with E-state index in [0.717, 1.165) is 25.9 Å². The second kappa shape index (κ2) is 7.66. The van der Waals surface area contributed by atoms with Crippen molar-refractivity contribution in [2.75, 3.05) is 20.2 Å². The minimum absolute atomic E-state index is 0.0346. The third kappa shape index (κ3) is 5.33. The average molecular weight is 263 g/mol. The Labute approximate surface area is 118 Å². The summed E-state index contributed by atoms with van der Waals surface area (Å²) in [5.41, 5.74) is 2.82. The predicted molar refractivity (Wildman–Crippen MR) is 82.8 cm³/mol. The summed E-state index contributed by atoms with van der Waals surface area (Å²) in [6.45, 7) is 10.8. The molecule has 0 saturated heterocycles. The molecule has 1 atom stereocenters. The van der Waals surface area contributed by atoms with Crippen LogP contribution in [0.4, 0.5) is 0 Å². The summed E-state index contributed by atoms with van der Waals surface area (Å²) < 4.78 is 5.54. The summed E-state index contributed by atoms with van der Waals surface area (Å²) in [5.74, 6) is 0.565. The molecular formula is C17H29NO. The normalized spacial score (nSPS) is 13.5. The lowest BCUT2D eigenvalue weighted by Crippen LogP contribution is -2.27. The quantitative estimate of drug-likeness (QED) is 0.768. The highest BCUT2D eigenvalue weighted by Gasteiger charge is 2.20. The molecule has 1 aromatic rings. The van der Waals surface area contributed by atoms with Gasteiger partial charge in [0.25, 0.3) is 0 Å². The van der Waals surface area contributed by atoms with Crippen LogP contribution in [0, 0.1) is 6.92 Å². The largest absolute Gasteiger partial charge is 0.379 e. The minimum Gasteiger partial charge on any atom is -0.379 e. The third-order valence-corrected chi connectivity index (χ3v) is 3.92. The predicted octanol–water partition coefficient (Wildman–Crippen LogP) is 3.89. The van der Waals surface area contributed by atoms with E-state index in [9.17, 15) is 0 Å². The first-order valence-electron chi connectivity index (χ1n) is 7.31. The van der Waals surface area contributed by atoms with Crippen LogP contribution in [-0.4, -0.2) is 25.8 Å². The van der Waals surface area contributed by atoms with Gasteiger partial charge in [-0.2, -0.15) is 0 Å². The van der Waals surface area contributed by atoms with E-state index in [1.807, 2.05) is 0 Å². The third-order valence-electron chi connectivity index (χ3n) is 3.92. The number of ether oxygens (including phenoxy) is 1. The van der Waals surface area contributed by atoms with Crippen molar-refractivity contribution >= 4 is 0 Å². The molecule has 108 valence electrons. The number of hydrogen-bond acceptors (Lipinski definition) is 2. The molecule has 2 nitrogen and oxygen atoms in total. The molecule has 0 aliphatic carbocycles. The molecule has 0 saturated carbocycles. The van der Waals surface area contributed by atoms with Gasteiger partial charge in [-0.1, -0.05) is 31.2 Å². The first kappa shape index (κ1) is 16.2. The SMILES string of the molecule is CCNCC(CCC(C)(C)OC)c1ccccc1C. The monoisotopic (exact) mass is 263 g/mol. The maximum absolute atomic E-state index is 5.54. The lowest BCUT2D eigenvalue weighted by Gasteiger charge is -2.27. The highest BCUT2D eigenvalue weighted by atomic mass is 16.5. The molecule has 19 heavy (non-hydrogen) atoms. The van der Waals surface area contributed by atoms with Crippen LogP contribution in [0.3, 0.4) is 0 Å². The van der Waals surface area contributed by atoms with Crippen molar-refractivity contribution in [1.29, 1.82) is 0 Å². The van der Waals surface area contributed by atoms with E-state index in [1.165, 1.54) is 11.1 Å². The Morgan fingerprint density at radius 3 is 2.53 bits per heavy atom. The Morgan fingerprint density at radius 2 is 1.95 bits per heavy atom. The zero-order valence-electron chi connectivity index (χ0n) is 13.1. The topological polar surface area (TPSA) is 21.3 Å². The highest BCUT2D eigenvalue weighted by Crippen LogP contribution is 2.27. The van der Waals surface area contributed by atoms with E-state index >= 15 is 0 Å². The Bertz CT molecular complexity index is 373. The van der Waals surface area contributed by atoms with Gasteiger partial charge in [0.2, 0.25) is 0 Å². The standard InChI is InChI=1S/C17H29NO/c1-6-18-13-15(11-12-17(3,4)19-5)16-10-8-7-9-14(16)2/h7-10,15,18H,6,11-13H2,1-5H3. The van der Waals surface area contributed by atoms with Gasteiger partial charge in [-0.15, -0.1) is 0 Å². The van der Waals surface area contributed by atoms with Gasteiger partial charge < -0.3 is 10.1 Å². The van der Waals surface area contributed by atoms with Crippen LogP contribution in [0.1, 0.15) is 50.7 Å². The Kier molecular flexibility index (Phi) is 6.53. The fourth-order valence-corrected chi connectivity index (χ4v) is 2.35. The molecule has 0 bridgehead atoms. The molecular weight excluding hydrogens is 234 g/mol. The zero-order chi connectivity index (χ0) is 14.3. The fourth-order valence-electron chi connectivity index (χ4n) is 2.35. The highest BCUT2D eigenvalue weighted by molar-refractivity contribution is 5.29. The second-order valence-electron chi connectivity index (χ2n) is 5.86. The van der Waals surface area contributed by atoms with Gasteiger partial charge in [0.05, 0.1) is 5.60 Å². The Hall–Kier alpha value is -0.860. The van der Waals surface area contributed by atoms with Crippen molar-refractivity contribution in [1.82, 2.24) is 5.32 Å². The van der Waals surface area contributed by atoms with Gasteiger partial charge in [-0.05, 0) is 57.2 Å². The minimum atomic E-state index is -0.0346. The van der Waals surface area contributed by atoms with Gasteiger partial charge in [0.1, 0.15) is 0 Å². The molecule has 1 N–H and O–H groups in total. The molecule has 2 heteroatoms. The van der Waals surface area contributed by atoms with E-state index in [4.69, 9.17) is 4.74 Å². The van der Waals surface area contributed by atoms with Gasteiger partial charge >= 0.3 is 0 Å². The second-order valence-corrected chi connectivity index (χ2v) is 5.86. The summed E-state index contributed by atoms with van der Waals surface area (Å²) in [4.78, 5) is 0. The first-order valence-corrected chi connectivity index (χ1v) is 7.31. The molecule has 1 rings (SSSR count). The molecule has 1 aromatic carbocycles. The van der Waals surface area contributed by atoms with Gasteiger partial charge in [0, 0.05) is 13.7 Å². The number of likely N-dealkylation sites (N-methyl/N-ethyl adjacent to an activating group) is 1. The van der Waals surface area contributed by atoms with Gasteiger partial charge in [-0.3, -0.25) is 0 Å². The van der Waals surface area contributed by atoms with Crippen LogP contribution in [0.25, 0.3) is 0 Å². The summed E-state index contributed by atoms with van der Waals surface area (Å²) in [6.07, 6.45) is 2.23. The molecule has 0 spiro atoms. The van der Waals surface area contributed by atoms with E-state index in [-0.39, 0.29) is 5.60 Å². The number of methoxy groups -OCH3 is 1. The van der Waals surface area contributed by atoms with Crippen LogP contribution in [0.2, 0.25) is 0 Å². The van der Waals surface area contributed by atoms with Crippen molar-refractivity contribution in [3.63, 3.8) is 0 Å². The fraction of sp³-hybridized carbons (Fsp3) is 0.647. The summed E-state index contributed by atoms with van der Waals surface area (Å²) in [7, 11) is 1.80. The van der Waals surface area contributed by atoms with E-state index in [0.29, 0.717) is 5.92 Å². The van der Waals surface area contributed by atoms with Crippen LogP contribution in [-0.2, 0) is 4.74 Å². The molecule has 0 fully saturated rings. The van der Waals surface area contributed by atoms with Crippen molar-refractivity contribution in [2.45, 2.75) is 52.1 Å². The lowest BCUT2D eigenvalue weighted by molar-refractivity contribution is 0.0124. The van der Waals surface area contributed by atoms with Crippen LogP contribution >= 0.6 is 0 Å². The van der Waals surface area contributed by atoms with Gasteiger partial charge in [-0.25, -0.2) is 0 Å². The number of aryl methyl sites for hydroxylation is 1. The average Bonchev–Trinajstić information content (AvgIpc) is 2.40. The van der Waals surface area contributed by atoms with E-state index in [1.54, 1.807) is 7.11 Å². The maximum atomic E-state index is 5.54. The van der Waals surface area contributed by atoms with Crippen molar-refractivity contribution < 1.29 is 4.74 Å². The molecule has 0 aliphatic rings. The van der Waals surface area contributed by atoms with E-state index in [2.05, 4.69) is 57.3 Å². The smallest absolute Gasteiger partial charge is 0.0623 e. The molecule has 1 unspecified atom stereocenters. The molecule has 0 radical (unpaired) electrons. The molecule has 0 aliphatic heterocycles. The van der Waals surface area contributed by atoms with Crippen molar-refractivity contribution in [3.8, 4) is 0 Å². The lowest BCUT2D eigenvalue weighted by atomic mass is 9.87. The first-order chi connectivity index (χ1) is 9.00.